The van der Waals surface area contributed by atoms with Gasteiger partial charge in [0.25, 0.3) is 5.91 Å². The molecule has 0 spiro atoms. The van der Waals surface area contributed by atoms with Gasteiger partial charge in [0.1, 0.15) is 16.8 Å². The number of carbonyl (C=O) groups is 3. The highest BCUT2D eigenvalue weighted by molar-refractivity contribution is 7.64. The molecule has 1 aromatic heterocycles. The van der Waals surface area contributed by atoms with E-state index in [4.69, 9.17) is 21.3 Å². The lowest BCUT2D eigenvalue weighted by Gasteiger charge is -2.43. The molecule has 0 aliphatic carbocycles. The van der Waals surface area contributed by atoms with Crippen LogP contribution in [0.15, 0.2) is 66.9 Å². The van der Waals surface area contributed by atoms with Crippen molar-refractivity contribution in [2.24, 2.45) is 0 Å². The van der Waals surface area contributed by atoms with E-state index in [1.54, 1.807) is 24.3 Å². The van der Waals surface area contributed by atoms with E-state index in [9.17, 15) is 14.4 Å². The minimum atomic E-state index is -0.625. The number of nitrogens with one attached hydrogen (secondary N) is 3. The molecular formula is C46H53ClN9O4P. The van der Waals surface area contributed by atoms with Crippen LogP contribution in [0.1, 0.15) is 60.0 Å². The molecule has 0 radical (unpaired) electrons. The molecule has 4 aliphatic rings. The first-order valence-corrected chi connectivity index (χ1v) is 23.7. The second-order valence-corrected chi connectivity index (χ2v) is 18.8. The zero-order valence-corrected chi connectivity index (χ0v) is 36.7. The second-order valence-electron chi connectivity index (χ2n) is 16.2. The molecule has 3 aromatic carbocycles. The summed E-state index contributed by atoms with van der Waals surface area (Å²) in [6, 6.07) is 20.0. The standard InChI is InChI=1S/C46H53ClN9O4P/c1-60-40-28-33(15-16-37(40)50-46-48-29-36(47)43(52-46)49-38-13-6-7-14-41(38)61(2)3)54-22-19-32(20-23-54)55-26-24-53(25-27-55)21-8-4-5-10-31-11-9-12-34-35(31)30-56(45(34)59)39-17-18-42(57)51-44(39)58/h6-7,9,11-16,28-29,32,39H,4,8,17-27,30H2,1-3H3,(H,51,57,58)(H2,48,49,50,52). The number of hydrogen-bond acceptors (Lipinski definition) is 11. The van der Waals surface area contributed by atoms with Crippen molar-refractivity contribution in [3.8, 4) is 17.6 Å². The Morgan fingerprint density at radius 2 is 1.74 bits per heavy atom. The average Bonchev–Trinajstić information content (AvgIpc) is 3.61. The highest BCUT2D eigenvalue weighted by Gasteiger charge is 2.39. The van der Waals surface area contributed by atoms with E-state index in [-0.39, 0.29) is 26.2 Å². The molecular weight excluding hydrogens is 809 g/mol. The van der Waals surface area contributed by atoms with Crippen LogP contribution in [-0.4, -0.2) is 121 Å². The number of nitrogens with zero attached hydrogens (tertiary/aromatic N) is 6. The number of rotatable bonds is 12. The fourth-order valence-corrected chi connectivity index (χ4v) is 9.94. The zero-order chi connectivity index (χ0) is 42.5. The minimum Gasteiger partial charge on any atom is -0.494 e. The van der Waals surface area contributed by atoms with Crippen molar-refractivity contribution in [3.63, 3.8) is 0 Å². The Kier molecular flexibility index (Phi) is 13.4. The van der Waals surface area contributed by atoms with Crippen molar-refractivity contribution in [2.45, 2.75) is 57.2 Å². The number of hydrogen-bond donors (Lipinski definition) is 3. The molecule has 1 unspecified atom stereocenters. The van der Waals surface area contributed by atoms with Crippen molar-refractivity contribution in [2.75, 3.05) is 81.8 Å². The van der Waals surface area contributed by atoms with Gasteiger partial charge in [-0.15, -0.1) is 0 Å². The fourth-order valence-electron chi connectivity index (χ4n) is 8.81. The van der Waals surface area contributed by atoms with Crippen molar-refractivity contribution in [3.05, 3.63) is 88.6 Å². The molecule has 61 heavy (non-hydrogen) atoms. The number of piperazine rings is 1. The van der Waals surface area contributed by atoms with Gasteiger partial charge in [-0.05, 0) is 86.8 Å². The summed E-state index contributed by atoms with van der Waals surface area (Å²) in [5.41, 5.74) is 5.22. The van der Waals surface area contributed by atoms with Crippen molar-refractivity contribution in [1.29, 1.82) is 0 Å². The SMILES string of the molecule is COc1cc(N2CCC(N3CCN(CCCC#Cc4cccc5c4CN(C4CCC(=O)NC4=O)C5=O)CC3)CC2)ccc1Nc1ncc(Cl)c(Nc2ccccc2P(C)C)n1. The number of benzene rings is 3. The summed E-state index contributed by atoms with van der Waals surface area (Å²) < 4.78 is 5.84. The van der Waals surface area contributed by atoms with Crippen molar-refractivity contribution in [1.82, 2.24) is 30.0 Å². The Hall–Kier alpha value is -5.25. The Morgan fingerprint density at radius 1 is 0.934 bits per heavy atom. The van der Waals surface area contributed by atoms with E-state index >= 15 is 0 Å². The lowest BCUT2D eigenvalue weighted by atomic mass is 10.0. The number of fused-ring (bicyclic) bond motifs is 1. The fraction of sp³-hybridized carbons (Fsp3) is 0.413. The first-order valence-electron chi connectivity index (χ1n) is 21.1. The van der Waals surface area contributed by atoms with E-state index in [0.29, 0.717) is 41.4 Å². The number of piperidine rings is 2. The van der Waals surface area contributed by atoms with Crippen LogP contribution in [0.2, 0.25) is 5.02 Å². The number of imide groups is 1. The van der Waals surface area contributed by atoms with Gasteiger partial charge >= 0.3 is 0 Å². The average molecular weight is 862 g/mol. The Bertz CT molecular complexity index is 2340. The molecule has 3 amide bonds. The molecule has 4 aliphatic heterocycles. The van der Waals surface area contributed by atoms with Gasteiger partial charge in [-0.25, -0.2) is 4.98 Å². The van der Waals surface area contributed by atoms with Crippen LogP contribution in [0.4, 0.5) is 28.8 Å². The van der Waals surface area contributed by atoms with Crippen LogP contribution in [0.25, 0.3) is 0 Å². The zero-order valence-electron chi connectivity index (χ0n) is 35.0. The highest BCUT2D eigenvalue weighted by atomic mass is 35.5. The van der Waals surface area contributed by atoms with Gasteiger partial charge in [-0.3, -0.25) is 24.6 Å². The van der Waals surface area contributed by atoms with Crippen LogP contribution >= 0.6 is 19.5 Å². The summed E-state index contributed by atoms with van der Waals surface area (Å²) in [6.07, 6.45) is 6.19. The molecule has 0 bridgehead atoms. The quantitative estimate of drug-likeness (QED) is 0.0654. The van der Waals surface area contributed by atoms with E-state index in [1.807, 2.05) is 30.3 Å². The van der Waals surface area contributed by atoms with Crippen LogP contribution < -0.4 is 30.9 Å². The molecule has 4 aromatic rings. The minimum absolute atomic E-state index is 0.170. The monoisotopic (exact) mass is 861 g/mol. The lowest BCUT2D eigenvalue weighted by molar-refractivity contribution is -0.136. The van der Waals surface area contributed by atoms with Gasteiger partial charge in [0.15, 0.2) is 5.82 Å². The Labute approximate surface area is 364 Å². The normalized spacial score (nSPS) is 18.8. The molecule has 5 heterocycles. The van der Waals surface area contributed by atoms with Crippen LogP contribution in [0.3, 0.4) is 0 Å². The maximum absolute atomic E-state index is 13.2. The molecule has 15 heteroatoms. The summed E-state index contributed by atoms with van der Waals surface area (Å²) in [4.78, 5) is 55.7. The molecule has 8 rings (SSSR count). The van der Waals surface area contributed by atoms with Gasteiger partial charge in [0.2, 0.25) is 17.8 Å². The number of halogens is 1. The van der Waals surface area contributed by atoms with E-state index in [2.05, 4.69) is 85.1 Å². The van der Waals surface area contributed by atoms with Gasteiger partial charge in [0.05, 0.1) is 19.0 Å². The predicted octanol–water partition coefficient (Wildman–Crippen LogP) is 6.17. The first kappa shape index (κ1) is 42.4. The van der Waals surface area contributed by atoms with Gasteiger partial charge in [-0.2, -0.15) is 4.98 Å². The topological polar surface area (TPSA) is 135 Å². The number of aromatic nitrogens is 2. The number of anilines is 5. The van der Waals surface area contributed by atoms with Crippen LogP contribution in [0.5, 0.6) is 5.75 Å². The summed E-state index contributed by atoms with van der Waals surface area (Å²) in [6.45, 7) is 12.0. The number of unbranched alkanes of at least 4 members (excludes halogenated alkanes) is 1. The third-order valence-electron chi connectivity index (χ3n) is 12.1. The molecule has 0 saturated carbocycles. The smallest absolute Gasteiger partial charge is 0.255 e. The Morgan fingerprint density at radius 3 is 2.51 bits per heavy atom. The summed E-state index contributed by atoms with van der Waals surface area (Å²) >= 11 is 6.53. The molecule has 3 fully saturated rings. The third-order valence-corrected chi connectivity index (χ3v) is 13.8. The van der Waals surface area contributed by atoms with E-state index in [0.717, 1.165) is 105 Å². The molecule has 1 atom stereocenters. The van der Waals surface area contributed by atoms with Crippen LogP contribution in [0, 0.1) is 11.8 Å². The van der Waals surface area contributed by atoms with Crippen LogP contribution in [-0.2, 0) is 16.1 Å². The van der Waals surface area contributed by atoms with Crippen molar-refractivity contribution >= 4 is 71.4 Å². The molecule has 13 nitrogen and oxygen atoms in total. The Balaban J connectivity index is 0.778. The van der Waals surface area contributed by atoms with Gasteiger partial charge in [0, 0.05) is 93.3 Å². The summed E-state index contributed by atoms with van der Waals surface area (Å²) in [7, 11) is 1.37. The largest absolute Gasteiger partial charge is 0.494 e. The van der Waals surface area contributed by atoms with Gasteiger partial charge < -0.3 is 30.1 Å². The number of para-hydroxylation sites is 1. The predicted molar refractivity (Wildman–Crippen MR) is 243 cm³/mol. The first-order chi connectivity index (χ1) is 29.6. The van der Waals surface area contributed by atoms with E-state index < -0.39 is 11.9 Å². The maximum atomic E-state index is 13.2. The molecule has 3 saturated heterocycles. The number of methoxy groups -OCH3 is 1. The summed E-state index contributed by atoms with van der Waals surface area (Å²) in [5, 5.41) is 10.8. The maximum Gasteiger partial charge on any atom is 0.255 e. The summed E-state index contributed by atoms with van der Waals surface area (Å²) in [5.74, 6) is 7.48. The highest BCUT2D eigenvalue weighted by Crippen LogP contribution is 2.35. The number of ether oxygens (including phenoxy) is 1. The second kappa shape index (κ2) is 19.2. The van der Waals surface area contributed by atoms with E-state index in [1.165, 1.54) is 5.30 Å². The van der Waals surface area contributed by atoms with Gasteiger partial charge in [-0.1, -0.05) is 55.6 Å². The third kappa shape index (κ3) is 9.79. The number of carbonyl (C=O) groups excluding carboxylic acids is 3. The molecule has 3 N–H and O–H groups in total. The van der Waals surface area contributed by atoms with Crippen molar-refractivity contribution < 1.29 is 19.1 Å². The number of amides is 3. The lowest BCUT2D eigenvalue weighted by Crippen LogP contribution is -2.53. The molecule has 318 valence electrons.